The van der Waals surface area contributed by atoms with E-state index in [0.717, 1.165) is 11.1 Å². The van der Waals surface area contributed by atoms with Gasteiger partial charge < -0.3 is 10.4 Å². The molecule has 0 saturated carbocycles. The molecular formula is C21H19ClN2O3S2. The van der Waals surface area contributed by atoms with E-state index in [1.54, 1.807) is 0 Å². The summed E-state index contributed by atoms with van der Waals surface area (Å²) in [7, 11) is 0. The molecule has 2 N–H and O–H groups in total. The Morgan fingerprint density at radius 3 is 2.72 bits per heavy atom. The highest BCUT2D eigenvalue weighted by atomic mass is 35.5. The molecule has 8 heteroatoms. The minimum Gasteiger partial charge on any atom is -0.506 e. The number of thiocarbonyl (C=S) groups is 1. The summed E-state index contributed by atoms with van der Waals surface area (Å²) in [6, 6.07) is 12.3. The summed E-state index contributed by atoms with van der Waals surface area (Å²) in [5.74, 6) is -0.474. The summed E-state index contributed by atoms with van der Waals surface area (Å²) >= 11 is 12.5. The zero-order valence-corrected chi connectivity index (χ0v) is 18.0. The second-order valence-corrected chi connectivity index (χ2v) is 8.67. The number of halogens is 1. The van der Waals surface area contributed by atoms with Gasteiger partial charge in [0.15, 0.2) is 0 Å². The normalized spacial score (nSPS) is 15.2. The molecule has 29 heavy (non-hydrogen) atoms. The molecule has 0 aliphatic carbocycles. The molecular weight excluding hydrogens is 428 g/mol. The number of anilines is 1. The van der Waals surface area contributed by atoms with Crippen LogP contribution >= 0.6 is 35.6 Å². The fraction of sp³-hybridized carbons (Fsp3) is 0.190. The van der Waals surface area contributed by atoms with E-state index >= 15 is 0 Å². The van der Waals surface area contributed by atoms with Crippen LogP contribution in [0.15, 0.2) is 47.4 Å². The van der Waals surface area contributed by atoms with Crippen LogP contribution in [-0.2, 0) is 9.59 Å². The third-order valence-electron chi connectivity index (χ3n) is 4.27. The van der Waals surface area contributed by atoms with Crippen molar-refractivity contribution in [2.45, 2.75) is 19.8 Å². The molecule has 1 saturated heterocycles. The van der Waals surface area contributed by atoms with E-state index in [0.29, 0.717) is 27.2 Å². The third kappa shape index (κ3) is 5.59. The van der Waals surface area contributed by atoms with Crippen molar-refractivity contribution >= 4 is 63.5 Å². The zero-order chi connectivity index (χ0) is 21.0. The number of benzene rings is 2. The Hall–Kier alpha value is -2.35. The van der Waals surface area contributed by atoms with Gasteiger partial charge in [-0.1, -0.05) is 65.4 Å². The zero-order valence-electron chi connectivity index (χ0n) is 15.6. The molecule has 0 radical (unpaired) electrons. The number of thioether (sulfide) groups is 1. The number of nitrogens with zero attached hydrogens (tertiary/aromatic N) is 1. The van der Waals surface area contributed by atoms with Gasteiger partial charge >= 0.3 is 0 Å². The Bertz CT molecular complexity index is 990. The number of phenols is 1. The molecule has 2 aromatic rings. The van der Waals surface area contributed by atoms with E-state index < -0.39 is 0 Å². The van der Waals surface area contributed by atoms with E-state index in [4.69, 9.17) is 23.8 Å². The Morgan fingerprint density at radius 2 is 2.00 bits per heavy atom. The first-order chi connectivity index (χ1) is 13.8. The van der Waals surface area contributed by atoms with Gasteiger partial charge in [0.2, 0.25) is 5.91 Å². The number of carbonyl (C=O) groups is 2. The van der Waals surface area contributed by atoms with Crippen molar-refractivity contribution < 1.29 is 14.7 Å². The van der Waals surface area contributed by atoms with Crippen molar-refractivity contribution in [1.29, 1.82) is 0 Å². The first-order valence-corrected chi connectivity index (χ1v) is 10.5. The SMILES string of the molecule is Cc1ccc(C=C2SC(=S)N(CCCC(=O)Nc3cc(Cl)ccc3O)C2=O)cc1. The number of amides is 2. The summed E-state index contributed by atoms with van der Waals surface area (Å²) in [4.78, 5) is 26.9. The van der Waals surface area contributed by atoms with Crippen LogP contribution in [0.25, 0.3) is 6.08 Å². The number of rotatable bonds is 6. The average Bonchev–Trinajstić information content (AvgIpc) is 2.94. The highest BCUT2D eigenvalue weighted by Gasteiger charge is 2.31. The van der Waals surface area contributed by atoms with Gasteiger partial charge in [0.25, 0.3) is 5.91 Å². The first-order valence-electron chi connectivity index (χ1n) is 8.94. The third-order valence-corrected chi connectivity index (χ3v) is 5.88. The Balaban J connectivity index is 1.54. The van der Waals surface area contributed by atoms with E-state index in [1.807, 2.05) is 37.3 Å². The van der Waals surface area contributed by atoms with Gasteiger partial charge in [-0.05, 0) is 43.2 Å². The fourth-order valence-corrected chi connectivity index (χ4v) is 4.21. The lowest BCUT2D eigenvalue weighted by Gasteiger charge is -2.14. The minimum atomic E-state index is -0.275. The molecule has 1 heterocycles. The van der Waals surface area contributed by atoms with Crippen LogP contribution in [-0.4, -0.2) is 32.7 Å². The van der Waals surface area contributed by atoms with Gasteiger partial charge in [0, 0.05) is 18.0 Å². The Morgan fingerprint density at radius 1 is 1.28 bits per heavy atom. The molecule has 0 aromatic heterocycles. The van der Waals surface area contributed by atoms with Crippen molar-refractivity contribution in [3.63, 3.8) is 0 Å². The predicted molar refractivity (Wildman–Crippen MR) is 122 cm³/mol. The highest BCUT2D eigenvalue weighted by molar-refractivity contribution is 8.26. The largest absolute Gasteiger partial charge is 0.506 e. The molecule has 1 aliphatic heterocycles. The molecule has 5 nitrogen and oxygen atoms in total. The molecule has 3 rings (SSSR count). The Kier molecular flexibility index (Phi) is 6.95. The van der Waals surface area contributed by atoms with Crippen molar-refractivity contribution in [2.24, 2.45) is 0 Å². The molecule has 0 spiro atoms. The van der Waals surface area contributed by atoms with Crippen LogP contribution in [0.4, 0.5) is 5.69 Å². The smallest absolute Gasteiger partial charge is 0.266 e. The van der Waals surface area contributed by atoms with Crippen LogP contribution < -0.4 is 5.32 Å². The topological polar surface area (TPSA) is 69.6 Å². The number of aromatic hydroxyl groups is 1. The summed E-state index contributed by atoms with van der Waals surface area (Å²) in [5.41, 5.74) is 2.35. The highest BCUT2D eigenvalue weighted by Crippen LogP contribution is 2.33. The van der Waals surface area contributed by atoms with Gasteiger partial charge in [-0.2, -0.15) is 0 Å². The standard InChI is InChI=1S/C21H19ClN2O3S2/c1-13-4-6-14(7-5-13)11-18-20(27)24(21(28)29-18)10-2-3-19(26)23-16-12-15(22)8-9-17(16)25/h4-9,11-12,25H,2-3,10H2,1H3,(H,23,26). The van der Waals surface area contributed by atoms with Crippen LogP contribution in [0, 0.1) is 6.92 Å². The number of hydrogen-bond donors (Lipinski definition) is 2. The number of carbonyl (C=O) groups excluding carboxylic acids is 2. The molecule has 2 amide bonds. The van der Waals surface area contributed by atoms with Gasteiger partial charge in [-0.15, -0.1) is 0 Å². The maximum Gasteiger partial charge on any atom is 0.266 e. The molecule has 1 aliphatic rings. The second-order valence-electron chi connectivity index (χ2n) is 6.56. The Labute approximate surface area is 183 Å². The van der Waals surface area contributed by atoms with E-state index in [-0.39, 0.29) is 29.7 Å². The molecule has 0 bridgehead atoms. The first kappa shape index (κ1) is 21.4. The summed E-state index contributed by atoms with van der Waals surface area (Å²) in [6.07, 6.45) is 2.45. The molecule has 1 fully saturated rings. The van der Waals surface area contributed by atoms with Gasteiger partial charge in [0.05, 0.1) is 10.6 Å². The lowest BCUT2D eigenvalue weighted by molar-refractivity contribution is -0.122. The van der Waals surface area contributed by atoms with Crippen molar-refractivity contribution in [2.75, 3.05) is 11.9 Å². The number of phenolic OH excluding ortho intramolecular Hbond substituents is 1. The van der Waals surface area contributed by atoms with Gasteiger partial charge in [0.1, 0.15) is 10.1 Å². The van der Waals surface area contributed by atoms with Crippen molar-refractivity contribution in [1.82, 2.24) is 4.90 Å². The average molecular weight is 447 g/mol. The number of nitrogens with one attached hydrogen (secondary N) is 1. The lowest BCUT2D eigenvalue weighted by atomic mass is 10.1. The molecule has 0 atom stereocenters. The van der Waals surface area contributed by atoms with E-state index in [1.165, 1.54) is 34.9 Å². The number of aryl methyl sites for hydroxylation is 1. The van der Waals surface area contributed by atoms with Crippen LogP contribution in [0.5, 0.6) is 5.75 Å². The maximum absolute atomic E-state index is 12.6. The van der Waals surface area contributed by atoms with Crippen molar-refractivity contribution in [3.05, 3.63) is 63.5 Å². The maximum atomic E-state index is 12.6. The minimum absolute atomic E-state index is 0.0547. The molecule has 2 aromatic carbocycles. The van der Waals surface area contributed by atoms with E-state index in [9.17, 15) is 14.7 Å². The summed E-state index contributed by atoms with van der Waals surface area (Å²) in [6.45, 7) is 2.36. The van der Waals surface area contributed by atoms with Crippen molar-refractivity contribution in [3.8, 4) is 5.75 Å². The quantitative estimate of drug-likeness (QED) is 0.372. The van der Waals surface area contributed by atoms with Crippen LogP contribution in [0.1, 0.15) is 24.0 Å². The fourth-order valence-electron chi connectivity index (χ4n) is 2.73. The van der Waals surface area contributed by atoms with Crippen LogP contribution in [0.2, 0.25) is 5.02 Å². The number of hydrogen-bond acceptors (Lipinski definition) is 5. The van der Waals surface area contributed by atoms with Gasteiger partial charge in [-0.25, -0.2) is 0 Å². The van der Waals surface area contributed by atoms with Crippen LogP contribution in [0.3, 0.4) is 0 Å². The lowest BCUT2D eigenvalue weighted by Crippen LogP contribution is -2.29. The monoisotopic (exact) mass is 446 g/mol. The van der Waals surface area contributed by atoms with E-state index in [2.05, 4.69) is 5.32 Å². The molecule has 150 valence electrons. The predicted octanol–water partition coefficient (Wildman–Crippen LogP) is 4.97. The molecule has 0 unspecified atom stereocenters. The van der Waals surface area contributed by atoms with Gasteiger partial charge in [-0.3, -0.25) is 14.5 Å². The summed E-state index contributed by atoms with van der Waals surface area (Å²) in [5, 5.41) is 12.8. The summed E-state index contributed by atoms with van der Waals surface area (Å²) < 4.78 is 0.487. The second kappa shape index (κ2) is 9.43.